The molecule has 2 saturated heterocycles. The van der Waals surface area contributed by atoms with Crippen molar-refractivity contribution < 1.29 is 19.4 Å². The maximum absolute atomic E-state index is 12.9. The monoisotopic (exact) mass is 441 g/mol. The van der Waals surface area contributed by atoms with E-state index in [0.29, 0.717) is 18.7 Å². The number of hydrogen-bond donors (Lipinski definition) is 1. The number of likely N-dealkylation sites (tertiary alicyclic amines) is 1. The molecule has 2 atom stereocenters. The molecule has 4 rings (SSSR count). The van der Waals surface area contributed by atoms with Crippen LogP contribution in [0.1, 0.15) is 30.0 Å². The average molecular weight is 442 g/mol. The second-order valence-electron chi connectivity index (χ2n) is 7.00. The van der Waals surface area contributed by atoms with E-state index in [1.807, 2.05) is 30.3 Å². The molecular weight excluding hydrogens is 422 g/mol. The number of nitrogens with zero attached hydrogens (tertiary/aromatic N) is 1. The van der Waals surface area contributed by atoms with Gasteiger partial charge in [0.15, 0.2) is 0 Å². The van der Waals surface area contributed by atoms with Crippen LogP contribution in [0.3, 0.4) is 0 Å². The van der Waals surface area contributed by atoms with Crippen molar-refractivity contribution in [3.8, 4) is 0 Å². The number of ether oxygens (including phenoxy) is 1. The van der Waals surface area contributed by atoms with Gasteiger partial charge in [0.05, 0.1) is 17.7 Å². The molecule has 0 bridgehead atoms. The van der Waals surface area contributed by atoms with E-state index < -0.39 is 17.7 Å². The fraction of sp³-hybridized carbons (Fsp3) is 0.273. The predicted octanol–water partition coefficient (Wildman–Crippen LogP) is 4.05. The third-order valence-electron chi connectivity index (χ3n) is 5.20. The van der Waals surface area contributed by atoms with E-state index in [4.69, 9.17) is 4.74 Å². The minimum Gasteiger partial charge on any atom is -0.507 e. The van der Waals surface area contributed by atoms with Crippen molar-refractivity contribution in [3.63, 3.8) is 0 Å². The number of aliphatic hydroxyl groups is 1. The lowest BCUT2D eigenvalue weighted by Gasteiger charge is -2.27. The third-order valence-corrected chi connectivity index (χ3v) is 5.73. The van der Waals surface area contributed by atoms with Crippen molar-refractivity contribution in [2.75, 3.05) is 13.2 Å². The molecular formula is C22H20BrNO4. The second kappa shape index (κ2) is 7.89. The highest BCUT2D eigenvalue weighted by Gasteiger charge is 2.46. The molecule has 0 radical (unpaired) electrons. The number of aliphatic hydroxyl groups excluding tert-OH is 1. The quantitative estimate of drug-likeness (QED) is 0.441. The van der Waals surface area contributed by atoms with Crippen molar-refractivity contribution in [1.82, 2.24) is 4.90 Å². The van der Waals surface area contributed by atoms with Crippen LogP contribution in [0.4, 0.5) is 0 Å². The number of benzene rings is 2. The van der Waals surface area contributed by atoms with Gasteiger partial charge in [-0.15, -0.1) is 0 Å². The van der Waals surface area contributed by atoms with Crippen LogP contribution >= 0.6 is 15.9 Å². The highest BCUT2D eigenvalue weighted by atomic mass is 79.9. The fourth-order valence-electron chi connectivity index (χ4n) is 3.82. The van der Waals surface area contributed by atoms with Crippen molar-refractivity contribution in [2.24, 2.45) is 0 Å². The molecule has 5 nitrogen and oxygen atoms in total. The minimum absolute atomic E-state index is 0.0899. The maximum atomic E-state index is 12.9. The molecule has 28 heavy (non-hydrogen) atoms. The smallest absolute Gasteiger partial charge is 0.295 e. The van der Waals surface area contributed by atoms with E-state index in [2.05, 4.69) is 15.9 Å². The first-order valence-corrected chi connectivity index (χ1v) is 10.1. The van der Waals surface area contributed by atoms with Gasteiger partial charge in [-0.3, -0.25) is 9.59 Å². The first-order chi connectivity index (χ1) is 13.6. The molecule has 2 aromatic rings. The number of Topliss-reactive ketones (excluding diaryl/α,β-unsaturated/α-hetero) is 1. The van der Waals surface area contributed by atoms with Gasteiger partial charge in [0.2, 0.25) is 0 Å². The molecule has 1 amide bonds. The zero-order valence-corrected chi connectivity index (χ0v) is 16.8. The van der Waals surface area contributed by atoms with Gasteiger partial charge in [-0.25, -0.2) is 0 Å². The van der Waals surface area contributed by atoms with Crippen molar-refractivity contribution in [3.05, 3.63) is 75.8 Å². The first-order valence-electron chi connectivity index (χ1n) is 9.27. The molecule has 2 aliphatic heterocycles. The molecule has 0 aromatic heterocycles. The third kappa shape index (κ3) is 3.50. The number of carbonyl (C=O) groups excluding carboxylic acids is 2. The number of rotatable bonds is 4. The van der Waals surface area contributed by atoms with Crippen molar-refractivity contribution in [2.45, 2.75) is 25.0 Å². The molecule has 1 N–H and O–H groups in total. The van der Waals surface area contributed by atoms with E-state index in [1.165, 1.54) is 4.90 Å². The van der Waals surface area contributed by atoms with Gasteiger partial charge in [-0.1, -0.05) is 58.4 Å². The van der Waals surface area contributed by atoms with Crippen molar-refractivity contribution >= 4 is 33.4 Å². The van der Waals surface area contributed by atoms with Crippen LogP contribution in [0.2, 0.25) is 0 Å². The molecule has 144 valence electrons. The summed E-state index contributed by atoms with van der Waals surface area (Å²) in [6, 6.07) is 15.7. The lowest BCUT2D eigenvalue weighted by atomic mass is 9.95. The number of hydrogen-bond acceptors (Lipinski definition) is 4. The van der Waals surface area contributed by atoms with Gasteiger partial charge in [-0.2, -0.15) is 0 Å². The topological polar surface area (TPSA) is 66.8 Å². The summed E-state index contributed by atoms with van der Waals surface area (Å²) in [5.41, 5.74) is 1.41. The lowest BCUT2D eigenvalue weighted by molar-refractivity contribution is -0.140. The Morgan fingerprint density at radius 1 is 1.11 bits per heavy atom. The van der Waals surface area contributed by atoms with Crippen LogP contribution in [-0.4, -0.2) is 41.0 Å². The van der Waals surface area contributed by atoms with E-state index in [1.54, 1.807) is 24.3 Å². The summed E-state index contributed by atoms with van der Waals surface area (Å²) < 4.78 is 6.59. The first kappa shape index (κ1) is 18.9. The Hall–Kier alpha value is -2.44. The summed E-state index contributed by atoms with van der Waals surface area (Å²) >= 11 is 3.42. The Kier molecular flexibility index (Phi) is 5.33. The zero-order valence-electron chi connectivity index (χ0n) is 15.2. The summed E-state index contributed by atoms with van der Waals surface area (Å²) in [5, 5.41) is 10.9. The molecule has 0 saturated carbocycles. The highest BCUT2D eigenvalue weighted by Crippen LogP contribution is 2.40. The maximum Gasteiger partial charge on any atom is 0.295 e. The average Bonchev–Trinajstić information content (AvgIpc) is 3.31. The Labute approximate surface area is 171 Å². The highest BCUT2D eigenvalue weighted by molar-refractivity contribution is 9.10. The SMILES string of the molecule is O=C1C(=O)N(C[C@@H]2CCCO2)[C@H](c2ccc(Br)cc2)C1=C(O)c1ccccc1. The van der Waals surface area contributed by atoms with Crippen LogP contribution in [0.15, 0.2) is 64.6 Å². The Morgan fingerprint density at radius 3 is 2.46 bits per heavy atom. The standard InChI is InChI=1S/C22H20BrNO4/c23-16-10-8-14(9-11-16)19-18(20(25)15-5-2-1-3-6-15)21(26)22(27)24(19)13-17-7-4-12-28-17/h1-3,5-6,8-11,17,19,25H,4,7,12-13H2/t17-,19+/m0/s1. The van der Waals surface area contributed by atoms with Crippen LogP contribution in [0.25, 0.3) is 5.76 Å². The van der Waals surface area contributed by atoms with Gasteiger partial charge < -0.3 is 14.7 Å². The minimum atomic E-state index is -0.660. The van der Waals surface area contributed by atoms with E-state index in [9.17, 15) is 14.7 Å². The van der Waals surface area contributed by atoms with Gasteiger partial charge in [0.1, 0.15) is 5.76 Å². The molecule has 2 aromatic carbocycles. The lowest BCUT2D eigenvalue weighted by Crippen LogP contribution is -2.36. The van der Waals surface area contributed by atoms with Gasteiger partial charge >= 0.3 is 0 Å². The summed E-state index contributed by atoms with van der Waals surface area (Å²) in [7, 11) is 0. The summed E-state index contributed by atoms with van der Waals surface area (Å²) in [5.74, 6) is -1.41. The molecule has 2 aliphatic rings. The summed E-state index contributed by atoms with van der Waals surface area (Å²) in [4.78, 5) is 27.3. The molecule has 0 spiro atoms. The summed E-state index contributed by atoms with van der Waals surface area (Å²) in [6.07, 6.45) is 1.71. The Morgan fingerprint density at radius 2 is 1.82 bits per heavy atom. The largest absolute Gasteiger partial charge is 0.507 e. The zero-order chi connectivity index (χ0) is 19.7. The van der Waals surface area contributed by atoms with Gasteiger partial charge in [0, 0.05) is 23.2 Å². The molecule has 6 heteroatoms. The molecule has 2 fully saturated rings. The predicted molar refractivity (Wildman–Crippen MR) is 109 cm³/mol. The molecule has 0 aliphatic carbocycles. The Bertz CT molecular complexity index is 917. The van der Waals surface area contributed by atoms with E-state index in [-0.39, 0.29) is 17.4 Å². The fourth-order valence-corrected chi connectivity index (χ4v) is 4.08. The second-order valence-corrected chi connectivity index (χ2v) is 7.92. The number of ketones is 1. The number of halogens is 1. The normalized spacial score (nSPS) is 24.1. The van der Waals surface area contributed by atoms with Crippen LogP contribution in [0, 0.1) is 0 Å². The van der Waals surface area contributed by atoms with Gasteiger partial charge in [-0.05, 0) is 30.5 Å². The van der Waals surface area contributed by atoms with Crippen LogP contribution < -0.4 is 0 Å². The van der Waals surface area contributed by atoms with Crippen molar-refractivity contribution in [1.29, 1.82) is 0 Å². The Balaban J connectivity index is 1.81. The summed E-state index contributed by atoms with van der Waals surface area (Å²) in [6.45, 7) is 0.998. The van der Waals surface area contributed by atoms with Crippen LogP contribution in [0.5, 0.6) is 0 Å². The molecule has 0 unspecified atom stereocenters. The number of amides is 1. The van der Waals surface area contributed by atoms with E-state index in [0.717, 1.165) is 22.9 Å². The number of carbonyl (C=O) groups is 2. The van der Waals surface area contributed by atoms with Gasteiger partial charge in [0.25, 0.3) is 11.7 Å². The molecule has 2 heterocycles. The van der Waals surface area contributed by atoms with E-state index >= 15 is 0 Å². The van der Waals surface area contributed by atoms with Crippen LogP contribution in [-0.2, 0) is 14.3 Å².